The van der Waals surface area contributed by atoms with Gasteiger partial charge in [0.1, 0.15) is 5.75 Å². The highest BCUT2D eigenvalue weighted by molar-refractivity contribution is 7.22. The highest BCUT2D eigenvalue weighted by Crippen LogP contribution is 2.33. The maximum absolute atomic E-state index is 12.4. The van der Waals surface area contributed by atoms with Crippen molar-refractivity contribution in [2.24, 2.45) is 12.8 Å². The second-order valence-corrected chi connectivity index (χ2v) is 9.19. The number of carbonyl (C=O) groups excluding carboxylic acids is 1. The van der Waals surface area contributed by atoms with Crippen molar-refractivity contribution in [3.63, 3.8) is 0 Å². The van der Waals surface area contributed by atoms with Crippen LogP contribution in [-0.4, -0.2) is 62.3 Å². The lowest BCUT2D eigenvalue weighted by atomic mass is 10.2. The van der Waals surface area contributed by atoms with Gasteiger partial charge in [0.05, 0.1) is 33.5 Å². The monoisotopic (exact) mass is 540 g/mol. The summed E-state index contributed by atoms with van der Waals surface area (Å²) in [6.45, 7) is 3.73. The first-order valence-electron chi connectivity index (χ1n) is 11.1. The van der Waals surface area contributed by atoms with E-state index in [4.69, 9.17) is 10.8 Å². The van der Waals surface area contributed by atoms with Crippen LogP contribution in [0.1, 0.15) is 24.2 Å². The zero-order valence-electron chi connectivity index (χ0n) is 20.2. The third kappa shape index (κ3) is 7.76. The zero-order valence-corrected chi connectivity index (χ0v) is 21.0. The van der Waals surface area contributed by atoms with E-state index in [1.165, 1.54) is 18.2 Å². The first-order valence-corrected chi connectivity index (χ1v) is 11.9. The molecular formula is C23H27F3N6O4S. The largest absolute Gasteiger partial charge is 0.573 e. The van der Waals surface area contributed by atoms with E-state index in [2.05, 4.69) is 25.3 Å². The van der Waals surface area contributed by atoms with E-state index < -0.39 is 12.5 Å². The van der Waals surface area contributed by atoms with E-state index in [0.717, 1.165) is 16.9 Å². The van der Waals surface area contributed by atoms with Crippen LogP contribution in [0.5, 0.6) is 5.75 Å². The van der Waals surface area contributed by atoms with Crippen molar-refractivity contribution < 1.29 is 32.9 Å². The first-order chi connectivity index (χ1) is 17.4. The fourth-order valence-electron chi connectivity index (χ4n) is 3.05. The van der Waals surface area contributed by atoms with Crippen LogP contribution >= 0.6 is 11.3 Å². The Bertz CT molecular complexity index is 1370. The van der Waals surface area contributed by atoms with Crippen molar-refractivity contribution in [3.8, 4) is 5.75 Å². The van der Waals surface area contributed by atoms with E-state index in [9.17, 15) is 23.1 Å². The zero-order chi connectivity index (χ0) is 27.3. The molecule has 14 heteroatoms. The first kappa shape index (κ1) is 28.1. The smallest absolute Gasteiger partial charge is 0.406 e. The standard InChI is InChI=1S/C20H18F3N5O3S.C3H9NO/c1-10(29)9-24-17(30)11-3-6-15-14(7-11)25-18(28(15)2)27-19-26-13-5-4-12(8-16(13)32-19)31-20(21,22)23;1-3(5)2-4/h3-8,10,29H,9H2,1-2H3,(H,24,30)(H,25,26,27);3,5H,2,4H2,1H3/t10-;3-/m00/s1. The second-order valence-electron chi connectivity index (χ2n) is 8.16. The molecule has 0 aliphatic carbocycles. The average molecular weight is 541 g/mol. The number of anilines is 2. The summed E-state index contributed by atoms with van der Waals surface area (Å²) in [6.07, 6.45) is -5.76. The molecule has 37 heavy (non-hydrogen) atoms. The van der Waals surface area contributed by atoms with Crippen LogP contribution in [0.25, 0.3) is 21.3 Å². The van der Waals surface area contributed by atoms with Gasteiger partial charge in [0.2, 0.25) is 5.95 Å². The van der Waals surface area contributed by atoms with Crippen LogP contribution in [0.4, 0.5) is 24.3 Å². The number of imidazole rings is 1. The molecule has 0 aliphatic heterocycles. The van der Waals surface area contributed by atoms with Gasteiger partial charge in [-0.15, -0.1) is 13.2 Å². The minimum absolute atomic E-state index is 0.138. The van der Waals surface area contributed by atoms with E-state index >= 15 is 0 Å². The molecule has 4 rings (SSSR count). The van der Waals surface area contributed by atoms with Gasteiger partial charge >= 0.3 is 6.36 Å². The van der Waals surface area contributed by atoms with E-state index in [0.29, 0.717) is 38.9 Å². The van der Waals surface area contributed by atoms with Crippen molar-refractivity contribution in [1.29, 1.82) is 0 Å². The van der Waals surface area contributed by atoms with Gasteiger partial charge < -0.3 is 35.9 Å². The van der Waals surface area contributed by atoms with Crippen LogP contribution < -0.4 is 21.1 Å². The molecule has 2 aromatic heterocycles. The van der Waals surface area contributed by atoms with Crippen molar-refractivity contribution in [2.45, 2.75) is 32.4 Å². The lowest BCUT2D eigenvalue weighted by Gasteiger charge is -2.07. The number of nitrogens with one attached hydrogen (secondary N) is 2. The van der Waals surface area contributed by atoms with Gasteiger partial charge in [-0.25, -0.2) is 9.97 Å². The fraction of sp³-hybridized carbons (Fsp3) is 0.348. The molecule has 6 N–H and O–H groups in total. The number of hydrogen-bond donors (Lipinski definition) is 5. The van der Waals surface area contributed by atoms with Gasteiger partial charge in [-0.1, -0.05) is 11.3 Å². The fourth-order valence-corrected chi connectivity index (χ4v) is 3.93. The summed E-state index contributed by atoms with van der Waals surface area (Å²) in [7, 11) is 1.79. The number of hydrogen-bond acceptors (Lipinski definition) is 9. The van der Waals surface area contributed by atoms with Crippen LogP contribution in [-0.2, 0) is 7.05 Å². The summed E-state index contributed by atoms with van der Waals surface area (Å²) in [5, 5.41) is 23.7. The van der Waals surface area contributed by atoms with Crippen molar-refractivity contribution >= 4 is 49.6 Å². The van der Waals surface area contributed by atoms with Gasteiger partial charge in [0.15, 0.2) is 5.13 Å². The number of rotatable bonds is 7. The molecule has 2 atom stereocenters. The Kier molecular flexibility index (Phi) is 8.91. The Morgan fingerprint density at radius 2 is 1.84 bits per heavy atom. The Hall–Kier alpha value is -3.46. The number of aliphatic hydroxyl groups excluding tert-OH is 2. The van der Waals surface area contributed by atoms with Crippen LogP contribution in [0.15, 0.2) is 36.4 Å². The van der Waals surface area contributed by atoms with Crippen molar-refractivity contribution in [3.05, 3.63) is 42.0 Å². The summed E-state index contributed by atoms with van der Waals surface area (Å²) >= 11 is 1.16. The summed E-state index contributed by atoms with van der Waals surface area (Å²) in [4.78, 5) is 21.1. The minimum atomic E-state index is -4.77. The highest BCUT2D eigenvalue weighted by atomic mass is 32.1. The molecule has 0 radical (unpaired) electrons. The number of nitrogens with zero attached hydrogens (tertiary/aromatic N) is 3. The number of carbonyl (C=O) groups is 1. The summed E-state index contributed by atoms with van der Waals surface area (Å²) in [5.74, 6) is -0.187. The number of benzene rings is 2. The van der Waals surface area contributed by atoms with Gasteiger partial charge in [-0.05, 0) is 44.2 Å². The molecule has 0 saturated carbocycles. The lowest BCUT2D eigenvalue weighted by Crippen LogP contribution is -2.30. The Labute approximate surface area is 213 Å². The molecule has 2 heterocycles. The van der Waals surface area contributed by atoms with Gasteiger partial charge in [0.25, 0.3) is 5.91 Å². The number of alkyl halides is 3. The highest BCUT2D eigenvalue weighted by Gasteiger charge is 2.31. The van der Waals surface area contributed by atoms with Crippen LogP contribution in [0.3, 0.4) is 0 Å². The molecule has 1 amide bonds. The Balaban J connectivity index is 0.000000695. The van der Waals surface area contributed by atoms with Crippen molar-refractivity contribution in [1.82, 2.24) is 19.9 Å². The normalized spacial score (nSPS) is 13.1. The maximum atomic E-state index is 12.4. The maximum Gasteiger partial charge on any atom is 0.573 e. The quantitative estimate of drug-likeness (QED) is 0.240. The summed E-state index contributed by atoms with van der Waals surface area (Å²) in [5.41, 5.74) is 7.18. The molecule has 2 aromatic carbocycles. The lowest BCUT2D eigenvalue weighted by molar-refractivity contribution is -0.274. The predicted octanol–water partition coefficient (Wildman–Crippen LogP) is 3.26. The molecule has 0 spiro atoms. The summed E-state index contributed by atoms with van der Waals surface area (Å²) < 4.78 is 43.6. The molecule has 0 fully saturated rings. The van der Waals surface area contributed by atoms with Crippen molar-refractivity contribution in [2.75, 3.05) is 18.4 Å². The molecular weight excluding hydrogens is 513 g/mol. The number of thiazole rings is 1. The molecule has 4 aromatic rings. The Morgan fingerprint density at radius 1 is 1.14 bits per heavy atom. The number of ether oxygens (including phenoxy) is 1. The molecule has 200 valence electrons. The number of aryl methyl sites for hydroxylation is 1. The Morgan fingerprint density at radius 3 is 2.46 bits per heavy atom. The van der Waals surface area contributed by atoms with Gasteiger partial charge in [-0.2, -0.15) is 0 Å². The topological polar surface area (TPSA) is 148 Å². The number of aromatic nitrogens is 3. The number of aliphatic hydroxyl groups is 2. The number of nitrogens with two attached hydrogens (primary N) is 1. The summed E-state index contributed by atoms with van der Waals surface area (Å²) in [6, 6.07) is 8.98. The molecule has 0 unspecified atom stereocenters. The second kappa shape index (κ2) is 11.7. The SMILES string of the molecule is C[C@H](O)CN.C[C@H](O)CNC(=O)c1ccc2c(c1)nc(Nc1nc3ccc(OC(F)(F)F)cc3s1)n2C. The predicted molar refractivity (Wildman–Crippen MR) is 135 cm³/mol. The van der Waals surface area contributed by atoms with E-state index in [-0.39, 0.29) is 24.3 Å². The van der Waals surface area contributed by atoms with E-state index in [1.54, 1.807) is 43.7 Å². The number of fused-ring (bicyclic) bond motifs is 2. The third-order valence-electron chi connectivity index (χ3n) is 4.85. The van der Waals surface area contributed by atoms with Gasteiger partial charge in [0, 0.05) is 31.8 Å². The molecule has 0 saturated heterocycles. The third-order valence-corrected chi connectivity index (χ3v) is 5.79. The number of amides is 1. The molecule has 0 aliphatic rings. The number of halogens is 3. The average Bonchev–Trinajstić information content (AvgIpc) is 3.36. The molecule has 10 nitrogen and oxygen atoms in total. The molecule has 0 bridgehead atoms. The van der Waals surface area contributed by atoms with E-state index in [1.807, 2.05) is 0 Å². The van der Waals surface area contributed by atoms with Crippen LogP contribution in [0.2, 0.25) is 0 Å². The van der Waals surface area contributed by atoms with Gasteiger partial charge in [-0.3, -0.25) is 4.79 Å². The van der Waals surface area contributed by atoms with Crippen LogP contribution in [0, 0.1) is 0 Å². The minimum Gasteiger partial charge on any atom is -0.406 e.